The molecule has 34 heavy (non-hydrogen) atoms. The van der Waals surface area contributed by atoms with Crippen molar-refractivity contribution in [1.29, 1.82) is 0 Å². The third kappa shape index (κ3) is 5.44. The number of Topliss-reactive ketones (excluding diaryl/α,β-unsaturated/α-hetero) is 1. The van der Waals surface area contributed by atoms with Crippen LogP contribution in [0.15, 0.2) is 54.6 Å². The lowest BCUT2D eigenvalue weighted by molar-refractivity contribution is -0.133. The molecule has 1 saturated carbocycles. The minimum absolute atomic E-state index is 0.0643. The molecule has 178 valence electrons. The molecule has 1 aliphatic heterocycles. The number of amides is 3. The van der Waals surface area contributed by atoms with E-state index in [-0.39, 0.29) is 37.7 Å². The second-order valence-corrected chi connectivity index (χ2v) is 8.94. The van der Waals surface area contributed by atoms with E-state index in [2.05, 4.69) is 5.32 Å². The second-order valence-electron chi connectivity index (χ2n) is 8.94. The van der Waals surface area contributed by atoms with Gasteiger partial charge >= 0.3 is 6.09 Å². The summed E-state index contributed by atoms with van der Waals surface area (Å²) < 4.78 is 5.52. The van der Waals surface area contributed by atoms with Crippen molar-refractivity contribution in [2.45, 2.75) is 57.3 Å². The fraction of sp³-hybridized carbons (Fsp3) is 0.385. The van der Waals surface area contributed by atoms with Crippen LogP contribution in [0.4, 0.5) is 4.79 Å². The van der Waals surface area contributed by atoms with Gasteiger partial charge in [0.25, 0.3) is 0 Å². The van der Waals surface area contributed by atoms with Crippen LogP contribution in [0, 0.1) is 5.92 Å². The molecule has 3 atom stereocenters. The highest BCUT2D eigenvalue weighted by Gasteiger charge is 2.39. The van der Waals surface area contributed by atoms with E-state index >= 15 is 0 Å². The molecule has 8 heteroatoms. The number of benzene rings is 2. The molecule has 0 bridgehead atoms. The summed E-state index contributed by atoms with van der Waals surface area (Å²) in [6, 6.07) is 15.1. The molecular formula is C26H29N3O5. The first-order valence-corrected chi connectivity index (χ1v) is 11.6. The van der Waals surface area contributed by atoms with Crippen LogP contribution in [-0.2, 0) is 38.7 Å². The first-order valence-electron chi connectivity index (χ1n) is 11.6. The van der Waals surface area contributed by atoms with Crippen molar-refractivity contribution in [1.82, 2.24) is 10.2 Å². The maximum Gasteiger partial charge on any atom is 0.411 e. The van der Waals surface area contributed by atoms with Gasteiger partial charge in [-0.1, -0.05) is 54.6 Å². The van der Waals surface area contributed by atoms with Crippen molar-refractivity contribution in [3.63, 3.8) is 0 Å². The summed E-state index contributed by atoms with van der Waals surface area (Å²) in [5.41, 5.74) is 8.34. The van der Waals surface area contributed by atoms with E-state index in [0.717, 1.165) is 16.7 Å². The Morgan fingerprint density at radius 2 is 1.74 bits per heavy atom. The van der Waals surface area contributed by atoms with Gasteiger partial charge < -0.3 is 15.8 Å². The molecule has 0 saturated heterocycles. The van der Waals surface area contributed by atoms with Crippen LogP contribution in [0.5, 0.6) is 0 Å². The first-order chi connectivity index (χ1) is 16.4. The Morgan fingerprint density at radius 3 is 2.44 bits per heavy atom. The highest BCUT2D eigenvalue weighted by Crippen LogP contribution is 2.27. The fourth-order valence-electron chi connectivity index (χ4n) is 4.76. The van der Waals surface area contributed by atoms with Crippen LogP contribution in [-0.4, -0.2) is 40.7 Å². The molecule has 2 aromatic rings. The van der Waals surface area contributed by atoms with Gasteiger partial charge in [0.05, 0.1) is 6.54 Å². The van der Waals surface area contributed by atoms with Crippen LogP contribution in [0.1, 0.15) is 42.4 Å². The van der Waals surface area contributed by atoms with Gasteiger partial charge in [0.15, 0.2) is 0 Å². The Kier molecular flexibility index (Phi) is 7.25. The average molecular weight is 464 g/mol. The molecule has 1 fully saturated rings. The molecule has 3 amide bonds. The number of rotatable bonds is 6. The SMILES string of the molecule is NC(=O)[C@H](NC(=O)[C@@H]1Cc2ccccc2CN1C(=O)OCc1ccccc1)[C@@H]1CCCC(=O)C1. The van der Waals surface area contributed by atoms with Crippen LogP contribution >= 0.6 is 0 Å². The number of hydrogen-bond donors (Lipinski definition) is 2. The highest BCUT2D eigenvalue weighted by atomic mass is 16.6. The van der Waals surface area contributed by atoms with E-state index in [9.17, 15) is 19.2 Å². The highest BCUT2D eigenvalue weighted by molar-refractivity contribution is 5.92. The largest absolute Gasteiger partial charge is 0.445 e. The molecule has 1 heterocycles. The standard InChI is InChI=1S/C26H29N3O5/c27-24(31)23(19-11-6-12-21(30)13-19)28-25(32)22-14-18-9-4-5-10-20(18)15-29(22)26(33)34-16-17-7-2-1-3-8-17/h1-5,7-10,19,22-23H,6,11-16H2,(H2,27,31)(H,28,32)/t19-,22+,23-/m1/s1. The van der Waals surface area contributed by atoms with Crippen LogP contribution in [0.3, 0.4) is 0 Å². The summed E-state index contributed by atoms with van der Waals surface area (Å²) in [7, 11) is 0. The number of carbonyl (C=O) groups is 4. The van der Waals surface area contributed by atoms with Crippen molar-refractivity contribution in [3.05, 3.63) is 71.3 Å². The van der Waals surface area contributed by atoms with E-state index in [1.165, 1.54) is 4.90 Å². The molecule has 4 rings (SSSR count). The molecule has 0 radical (unpaired) electrons. The summed E-state index contributed by atoms with van der Waals surface area (Å²) >= 11 is 0. The summed E-state index contributed by atoms with van der Waals surface area (Å²) in [4.78, 5) is 51.9. The lowest BCUT2D eigenvalue weighted by atomic mass is 9.82. The quantitative estimate of drug-likeness (QED) is 0.682. The van der Waals surface area contributed by atoms with Gasteiger partial charge in [-0.15, -0.1) is 0 Å². The van der Waals surface area contributed by atoms with Gasteiger partial charge in [-0.25, -0.2) is 4.79 Å². The number of primary amides is 1. The lowest BCUT2D eigenvalue weighted by Crippen LogP contribution is -2.58. The topological polar surface area (TPSA) is 119 Å². The Morgan fingerprint density at radius 1 is 1.03 bits per heavy atom. The summed E-state index contributed by atoms with van der Waals surface area (Å²) in [6.07, 6.45) is 1.67. The summed E-state index contributed by atoms with van der Waals surface area (Å²) in [6.45, 7) is 0.297. The number of carbonyl (C=O) groups excluding carboxylic acids is 4. The normalized spacial score (nSPS) is 20.7. The molecular weight excluding hydrogens is 434 g/mol. The zero-order chi connectivity index (χ0) is 24.1. The van der Waals surface area contributed by atoms with Crippen molar-refractivity contribution in [3.8, 4) is 0 Å². The van der Waals surface area contributed by atoms with Crippen LogP contribution in [0.2, 0.25) is 0 Å². The monoisotopic (exact) mass is 463 g/mol. The van der Waals surface area contributed by atoms with Crippen LogP contribution < -0.4 is 11.1 Å². The average Bonchev–Trinajstić information content (AvgIpc) is 2.85. The van der Waals surface area contributed by atoms with E-state index in [4.69, 9.17) is 10.5 Å². The Bertz CT molecular complexity index is 1070. The number of hydrogen-bond acceptors (Lipinski definition) is 5. The molecule has 0 spiro atoms. The molecule has 3 N–H and O–H groups in total. The number of nitrogens with one attached hydrogen (secondary N) is 1. The Balaban J connectivity index is 1.52. The van der Waals surface area contributed by atoms with Crippen molar-refractivity contribution >= 4 is 23.7 Å². The van der Waals surface area contributed by atoms with Gasteiger partial charge in [-0.3, -0.25) is 19.3 Å². The van der Waals surface area contributed by atoms with E-state index in [1.807, 2.05) is 54.6 Å². The molecule has 8 nitrogen and oxygen atoms in total. The minimum Gasteiger partial charge on any atom is -0.445 e. The fourth-order valence-corrected chi connectivity index (χ4v) is 4.76. The zero-order valence-electron chi connectivity index (χ0n) is 18.9. The molecule has 0 unspecified atom stereocenters. The Labute approximate surface area is 198 Å². The summed E-state index contributed by atoms with van der Waals surface area (Å²) in [5.74, 6) is -1.43. The van der Waals surface area contributed by atoms with Crippen molar-refractivity contribution in [2.24, 2.45) is 11.7 Å². The molecule has 0 aromatic heterocycles. The van der Waals surface area contributed by atoms with Crippen LogP contribution in [0.25, 0.3) is 0 Å². The van der Waals surface area contributed by atoms with Gasteiger partial charge in [-0.2, -0.15) is 0 Å². The van der Waals surface area contributed by atoms with Gasteiger partial charge in [0.2, 0.25) is 11.8 Å². The smallest absolute Gasteiger partial charge is 0.411 e. The van der Waals surface area contributed by atoms with Crippen molar-refractivity contribution in [2.75, 3.05) is 0 Å². The predicted octanol–water partition coefficient (Wildman–Crippen LogP) is 2.48. The molecule has 1 aliphatic carbocycles. The third-order valence-corrected chi connectivity index (χ3v) is 6.59. The maximum atomic E-state index is 13.4. The number of ketones is 1. The lowest BCUT2D eigenvalue weighted by Gasteiger charge is -2.36. The van der Waals surface area contributed by atoms with Gasteiger partial charge in [0, 0.05) is 19.3 Å². The maximum absolute atomic E-state index is 13.4. The van der Waals surface area contributed by atoms with E-state index in [1.54, 1.807) is 0 Å². The number of nitrogens with two attached hydrogens (primary N) is 1. The summed E-state index contributed by atoms with van der Waals surface area (Å²) in [5, 5.41) is 2.75. The number of nitrogens with zero attached hydrogens (tertiary/aromatic N) is 1. The second kappa shape index (κ2) is 10.5. The van der Waals surface area contributed by atoms with Gasteiger partial charge in [-0.05, 0) is 35.4 Å². The third-order valence-electron chi connectivity index (χ3n) is 6.59. The van der Waals surface area contributed by atoms with E-state index < -0.39 is 30.0 Å². The molecule has 2 aromatic carbocycles. The predicted molar refractivity (Wildman–Crippen MR) is 124 cm³/mol. The zero-order valence-corrected chi connectivity index (χ0v) is 18.9. The van der Waals surface area contributed by atoms with E-state index in [0.29, 0.717) is 19.3 Å². The minimum atomic E-state index is -0.962. The first kappa shape index (κ1) is 23.5. The number of ether oxygens (including phenoxy) is 1. The van der Waals surface area contributed by atoms with Gasteiger partial charge in [0.1, 0.15) is 24.5 Å². The Hall–Kier alpha value is -3.68. The molecule has 2 aliphatic rings. The van der Waals surface area contributed by atoms with Crippen molar-refractivity contribution < 1.29 is 23.9 Å². The number of fused-ring (bicyclic) bond motifs is 1.